The van der Waals surface area contributed by atoms with Gasteiger partial charge in [-0.05, 0) is 17.2 Å². The lowest BCUT2D eigenvalue weighted by molar-refractivity contribution is 0.0729. The number of para-hydroxylation sites is 1. The fourth-order valence-electron chi connectivity index (χ4n) is 3.16. The summed E-state index contributed by atoms with van der Waals surface area (Å²) in [6, 6.07) is 15.5. The van der Waals surface area contributed by atoms with Gasteiger partial charge in [0.15, 0.2) is 0 Å². The van der Waals surface area contributed by atoms with Crippen LogP contribution in [0.4, 0.5) is 0 Å². The zero-order chi connectivity index (χ0) is 19.1. The molecule has 1 aliphatic heterocycles. The van der Waals surface area contributed by atoms with Crippen molar-refractivity contribution in [1.82, 2.24) is 9.62 Å². The van der Waals surface area contributed by atoms with Gasteiger partial charge in [0, 0.05) is 31.7 Å². The van der Waals surface area contributed by atoms with Crippen LogP contribution in [0.3, 0.4) is 0 Å². The molecule has 2 aromatic carbocycles. The topological polar surface area (TPSA) is 67.9 Å². The quantitative estimate of drug-likeness (QED) is 0.748. The van der Waals surface area contributed by atoms with Gasteiger partial charge in [-0.1, -0.05) is 42.5 Å². The molecule has 0 aliphatic carbocycles. The van der Waals surface area contributed by atoms with Crippen molar-refractivity contribution in [3.63, 3.8) is 0 Å². The molecule has 0 spiro atoms. The van der Waals surface area contributed by atoms with Crippen molar-refractivity contribution < 1.29 is 17.9 Å². The lowest BCUT2D eigenvalue weighted by atomic mass is 10.1. The van der Waals surface area contributed by atoms with Crippen molar-refractivity contribution in [2.24, 2.45) is 0 Å². The maximum Gasteiger partial charge on any atom is 0.218 e. The Balaban J connectivity index is 1.65. The largest absolute Gasteiger partial charge is 0.496 e. The Morgan fingerprint density at radius 1 is 0.963 bits per heavy atom. The second-order valence-electron chi connectivity index (χ2n) is 6.45. The van der Waals surface area contributed by atoms with Crippen LogP contribution in [0.1, 0.15) is 16.7 Å². The number of morpholine rings is 1. The molecular weight excluding hydrogens is 364 g/mol. The van der Waals surface area contributed by atoms with E-state index in [4.69, 9.17) is 9.47 Å². The zero-order valence-electron chi connectivity index (χ0n) is 15.6. The molecule has 2 aromatic rings. The van der Waals surface area contributed by atoms with Crippen LogP contribution in [0.25, 0.3) is 0 Å². The predicted molar refractivity (Wildman–Crippen MR) is 105 cm³/mol. The van der Waals surface area contributed by atoms with E-state index in [-0.39, 0.29) is 5.75 Å². The molecule has 1 saturated heterocycles. The van der Waals surface area contributed by atoms with Gasteiger partial charge in [-0.3, -0.25) is 0 Å². The highest BCUT2D eigenvalue weighted by molar-refractivity contribution is 7.88. The fourth-order valence-corrected chi connectivity index (χ4v) is 4.73. The van der Waals surface area contributed by atoms with Gasteiger partial charge in [0.05, 0.1) is 26.1 Å². The molecule has 0 amide bonds. The molecule has 0 unspecified atom stereocenters. The first-order chi connectivity index (χ1) is 13.1. The van der Waals surface area contributed by atoms with Gasteiger partial charge in [0.1, 0.15) is 5.75 Å². The van der Waals surface area contributed by atoms with Gasteiger partial charge in [-0.2, -0.15) is 4.31 Å². The van der Waals surface area contributed by atoms with Gasteiger partial charge in [-0.15, -0.1) is 0 Å². The number of hydrogen-bond donors (Lipinski definition) is 1. The van der Waals surface area contributed by atoms with Crippen LogP contribution in [0.15, 0.2) is 48.5 Å². The third kappa shape index (κ3) is 5.29. The number of benzene rings is 2. The molecule has 1 heterocycles. The molecule has 0 atom stereocenters. The summed E-state index contributed by atoms with van der Waals surface area (Å²) in [5.41, 5.74) is 2.89. The SMILES string of the molecule is COc1ccccc1CNCc1ccccc1CS(=O)(=O)N1CCOCC1. The molecule has 0 bridgehead atoms. The summed E-state index contributed by atoms with van der Waals surface area (Å²) >= 11 is 0. The number of rotatable bonds is 8. The van der Waals surface area contributed by atoms with E-state index in [2.05, 4.69) is 5.32 Å². The molecule has 146 valence electrons. The average molecular weight is 391 g/mol. The summed E-state index contributed by atoms with van der Waals surface area (Å²) < 4.78 is 37.6. The summed E-state index contributed by atoms with van der Waals surface area (Å²) in [5, 5.41) is 3.39. The van der Waals surface area contributed by atoms with Crippen LogP contribution in [0, 0.1) is 0 Å². The Hall–Kier alpha value is -1.93. The van der Waals surface area contributed by atoms with Crippen molar-refractivity contribution in [1.29, 1.82) is 0 Å². The van der Waals surface area contributed by atoms with Crippen molar-refractivity contribution in [3.8, 4) is 5.75 Å². The molecule has 0 saturated carbocycles. The summed E-state index contributed by atoms with van der Waals surface area (Å²) in [6.07, 6.45) is 0. The summed E-state index contributed by atoms with van der Waals surface area (Å²) in [5.74, 6) is 0.854. The highest BCUT2D eigenvalue weighted by Gasteiger charge is 2.25. The maximum absolute atomic E-state index is 12.7. The molecule has 0 aromatic heterocycles. The van der Waals surface area contributed by atoms with Gasteiger partial charge in [0.25, 0.3) is 0 Å². The lowest BCUT2D eigenvalue weighted by Crippen LogP contribution is -2.41. The van der Waals surface area contributed by atoms with Crippen LogP contribution in [-0.2, 0) is 33.6 Å². The van der Waals surface area contributed by atoms with Crippen molar-refractivity contribution in [2.45, 2.75) is 18.8 Å². The second-order valence-corrected chi connectivity index (χ2v) is 8.42. The first-order valence-electron chi connectivity index (χ1n) is 9.05. The van der Waals surface area contributed by atoms with Gasteiger partial charge in [0.2, 0.25) is 10.0 Å². The van der Waals surface area contributed by atoms with E-state index in [9.17, 15) is 8.42 Å². The molecule has 3 rings (SSSR count). The molecule has 1 aliphatic rings. The third-order valence-electron chi connectivity index (χ3n) is 4.64. The fraction of sp³-hybridized carbons (Fsp3) is 0.400. The van der Waals surface area contributed by atoms with E-state index in [0.29, 0.717) is 39.4 Å². The smallest absolute Gasteiger partial charge is 0.218 e. The summed E-state index contributed by atoms with van der Waals surface area (Å²) in [6.45, 7) is 3.01. The first kappa shape index (κ1) is 19.8. The standard InChI is InChI=1S/C20H26N2O4S/c1-25-20-9-5-4-7-18(20)15-21-14-17-6-2-3-8-19(17)16-27(23,24)22-10-12-26-13-11-22/h2-9,21H,10-16H2,1H3. The second kappa shape index (κ2) is 9.32. The predicted octanol–water partition coefficient (Wildman–Crippen LogP) is 2.15. The van der Waals surface area contributed by atoms with E-state index in [1.165, 1.54) is 4.31 Å². The number of sulfonamides is 1. The minimum absolute atomic E-state index is 0.0134. The molecule has 6 nitrogen and oxygen atoms in total. The molecular formula is C20H26N2O4S. The first-order valence-corrected chi connectivity index (χ1v) is 10.7. The summed E-state index contributed by atoms with van der Waals surface area (Å²) in [4.78, 5) is 0. The molecule has 1 N–H and O–H groups in total. The number of hydrogen-bond acceptors (Lipinski definition) is 5. The molecule has 7 heteroatoms. The Bertz CT molecular complexity index is 849. The van der Waals surface area contributed by atoms with Gasteiger partial charge < -0.3 is 14.8 Å². The van der Waals surface area contributed by atoms with Crippen molar-refractivity contribution >= 4 is 10.0 Å². The van der Waals surface area contributed by atoms with Crippen LogP contribution in [0.5, 0.6) is 5.75 Å². The zero-order valence-corrected chi connectivity index (χ0v) is 16.4. The Morgan fingerprint density at radius 2 is 1.56 bits per heavy atom. The highest BCUT2D eigenvalue weighted by atomic mass is 32.2. The van der Waals surface area contributed by atoms with E-state index < -0.39 is 10.0 Å². The number of ether oxygens (including phenoxy) is 2. The van der Waals surface area contributed by atoms with Crippen LogP contribution < -0.4 is 10.1 Å². The average Bonchev–Trinajstić information content (AvgIpc) is 2.70. The number of nitrogens with one attached hydrogen (secondary N) is 1. The Kier molecular flexibility index (Phi) is 6.84. The maximum atomic E-state index is 12.7. The number of nitrogens with zero attached hydrogens (tertiary/aromatic N) is 1. The highest BCUT2D eigenvalue weighted by Crippen LogP contribution is 2.19. The Labute approximate surface area is 161 Å². The monoisotopic (exact) mass is 390 g/mol. The minimum atomic E-state index is -3.34. The van der Waals surface area contributed by atoms with E-state index >= 15 is 0 Å². The lowest BCUT2D eigenvalue weighted by Gasteiger charge is -2.26. The molecule has 1 fully saturated rings. The Morgan fingerprint density at radius 3 is 2.26 bits per heavy atom. The van der Waals surface area contributed by atoms with E-state index in [0.717, 1.165) is 22.4 Å². The van der Waals surface area contributed by atoms with E-state index in [1.54, 1.807) is 7.11 Å². The molecule has 0 radical (unpaired) electrons. The minimum Gasteiger partial charge on any atom is -0.496 e. The normalized spacial score (nSPS) is 15.6. The van der Waals surface area contributed by atoms with E-state index in [1.807, 2.05) is 48.5 Å². The summed E-state index contributed by atoms with van der Waals surface area (Å²) in [7, 11) is -1.68. The van der Waals surface area contributed by atoms with Crippen LogP contribution in [-0.4, -0.2) is 46.1 Å². The van der Waals surface area contributed by atoms with Crippen molar-refractivity contribution in [3.05, 3.63) is 65.2 Å². The molecule has 27 heavy (non-hydrogen) atoms. The van der Waals surface area contributed by atoms with Crippen molar-refractivity contribution in [2.75, 3.05) is 33.4 Å². The van der Waals surface area contributed by atoms with Gasteiger partial charge >= 0.3 is 0 Å². The van der Waals surface area contributed by atoms with Gasteiger partial charge in [-0.25, -0.2) is 8.42 Å². The van der Waals surface area contributed by atoms with Crippen LogP contribution in [0.2, 0.25) is 0 Å². The number of methoxy groups -OCH3 is 1. The third-order valence-corrected chi connectivity index (χ3v) is 6.47. The van der Waals surface area contributed by atoms with Crippen LogP contribution >= 0.6 is 0 Å².